The molecule has 2 heterocycles. The van der Waals surface area contributed by atoms with E-state index in [9.17, 15) is 22.8 Å². The van der Waals surface area contributed by atoms with Crippen molar-refractivity contribution >= 4 is 22.6 Å². The molecule has 0 atom stereocenters. The molecule has 1 aromatic heterocycles. The maximum absolute atomic E-state index is 13.9. The zero-order chi connectivity index (χ0) is 20.5. The van der Waals surface area contributed by atoms with Crippen LogP contribution in [0, 0.1) is 23.4 Å². The van der Waals surface area contributed by atoms with E-state index in [1.165, 1.54) is 0 Å². The van der Waals surface area contributed by atoms with Crippen molar-refractivity contribution in [2.45, 2.75) is 19.3 Å². The van der Waals surface area contributed by atoms with Crippen molar-refractivity contribution in [2.24, 2.45) is 5.92 Å². The van der Waals surface area contributed by atoms with Gasteiger partial charge >= 0.3 is 0 Å². The minimum atomic E-state index is -1.19. The molecule has 0 aliphatic carbocycles. The summed E-state index contributed by atoms with van der Waals surface area (Å²) < 4.78 is 40.9. The van der Waals surface area contributed by atoms with Crippen LogP contribution in [0.1, 0.15) is 28.8 Å². The smallest absolute Gasteiger partial charge is 0.227 e. The second-order valence-corrected chi connectivity index (χ2v) is 7.30. The van der Waals surface area contributed by atoms with Gasteiger partial charge in [-0.2, -0.15) is 0 Å². The number of fused-ring (bicyclic) bond motifs is 1. The number of benzene rings is 2. The van der Waals surface area contributed by atoms with Crippen molar-refractivity contribution in [3.63, 3.8) is 0 Å². The molecule has 4 rings (SSSR count). The van der Waals surface area contributed by atoms with Crippen LogP contribution < -0.4 is 0 Å². The number of rotatable bonds is 4. The largest absolute Gasteiger partial charge is 0.361 e. The predicted octanol–water partition coefficient (Wildman–Crippen LogP) is 4.25. The first-order chi connectivity index (χ1) is 13.9. The van der Waals surface area contributed by atoms with Crippen LogP contribution in [0.25, 0.3) is 10.9 Å². The molecular formula is C22H19F3N2O2. The molecule has 1 aliphatic heterocycles. The molecule has 0 spiro atoms. The van der Waals surface area contributed by atoms with E-state index in [4.69, 9.17) is 0 Å². The highest BCUT2D eigenvalue weighted by atomic mass is 19.1. The number of carbonyl (C=O) groups is 2. The lowest BCUT2D eigenvalue weighted by Crippen LogP contribution is -2.41. The summed E-state index contributed by atoms with van der Waals surface area (Å²) in [6, 6.07) is 8.74. The normalized spacial score (nSPS) is 15.1. The second kappa shape index (κ2) is 7.73. The highest BCUT2D eigenvalue weighted by Crippen LogP contribution is 2.26. The number of hydrogen-bond acceptors (Lipinski definition) is 2. The Balaban J connectivity index is 1.40. The van der Waals surface area contributed by atoms with Crippen molar-refractivity contribution in [1.29, 1.82) is 0 Å². The molecule has 29 heavy (non-hydrogen) atoms. The van der Waals surface area contributed by atoms with E-state index in [-0.39, 0.29) is 12.3 Å². The molecule has 1 saturated heterocycles. The minimum Gasteiger partial charge on any atom is -0.361 e. The molecule has 0 unspecified atom stereocenters. The Kier molecular flexibility index (Phi) is 5.13. The average molecular weight is 400 g/mol. The van der Waals surface area contributed by atoms with Crippen molar-refractivity contribution < 1.29 is 22.8 Å². The summed E-state index contributed by atoms with van der Waals surface area (Å²) in [7, 11) is 0. The standard InChI is InChI=1S/C22H19F3N2O2/c23-15-10-17(24)21(18(25)11-15)22(29)13-5-7-27(8-6-13)20(28)9-14-12-26-19-4-2-1-3-16(14)19/h1-4,10-13,26H,5-9H2. The predicted molar refractivity (Wildman–Crippen MR) is 102 cm³/mol. The lowest BCUT2D eigenvalue weighted by Gasteiger charge is -2.31. The number of halogens is 3. The summed E-state index contributed by atoms with van der Waals surface area (Å²) >= 11 is 0. The first-order valence-corrected chi connectivity index (χ1v) is 9.45. The first kappa shape index (κ1) is 19.2. The van der Waals surface area contributed by atoms with E-state index in [0.29, 0.717) is 38.1 Å². The molecule has 2 aromatic carbocycles. The van der Waals surface area contributed by atoms with Crippen LogP contribution in [0.4, 0.5) is 13.2 Å². The zero-order valence-electron chi connectivity index (χ0n) is 15.6. The van der Waals surface area contributed by atoms with E-state index in [2.05, 4.69) is 4.98 Å². The van der Waals surface area contributed by atoms with Crippen molar-refractivity contribution in [2.75, 3.05) is 13.1 Å². The summed E-state index contributed by atoms with van der Waals surface area (Å²) in [6.45, 7) is 0.671. The average Bonchev–Trinajstić information content (AvgIpc) is 3.10. The highest BCUT2D eigenvalue weighted by molar-refractivity contribution is 5.98. The highest BCUT2D eigenvalue weighted by Gasteiger charge is 2.31. The number of nitrogens with one attached hydrogen (secondary N) is 1. The molecule has 0 bridgehead atoms. The fourth-order valence-corrected chi connectivity index (χ4v) is 3.93. The molecule has 1 aliphatic rings. The van der Waals surface area contributed by atoms with Gasteiger partial charge in [-0.05, 0) is 24.5 Å². The third-order valence-electron chi connectivity index (χ3n) is 5.49. The maximum Gasteiger partial charge on any atom is 0.227 e. The van der Waals surface area contributed by atoms with Crippen LogP contribution in [0.15, 0.2) is 42.6 Å². The van der Waals surface area contributed by atoms with Crippen LogP contribution in [0.3, 0.4) is 0 Å². The number of hydrogen-bond donors (Lipinski definition) is 1. The van der Waals surface area contributed by atoms with Gasteiger partial charge in [-0.1, -0.05) is 18.2 Å². The van der Waals surface area contributed by atoms with Gasteiger partial charge in [0.2, 0.25) is 5.91 Å². The summed E-state index contributed by atoms with van der Waals surface area (Å²) in [5.41, 5.74) is 1.16. The van der Waals surface area contributed by atoms with E-state index >= 15 is 0 Å². The van der Waals surface area contributed by atoms with Crippen molar-refractivity contribution in [3.8, 4) is 0 Å². The number of para-hydroxylation sites is 1. The van der Waals surface area contributed by atoms with Gasteiger partial charge in [-0.3, -0.25) is 9.59 Å². The summed E-state index contributed by atoms with van der Waals surface area (Å²) in [4.78, 5) is 30.0. The van der Waals surface area contributed by atoms with Crippen molar-refractivity contribution in [3.05, 3.63) is 71.2 Å². The van der Waals surface area contributed by atoms with Gasteiger partial charge in [0.05, 0.1) is 12.0 Å². The lowest BCUT2D eigenvalue weighted by atomic mass is 9.88. The van der Waals surface area contributed by atoms with E-state index in [1.54, 1.807) is 4.90 Å². The maximum atomic E-state index is 13.9. The minimum absolute atomic E-state index is 0.0557. The molecule has 7 heteroatoms. The summed E-state index contributed by atoms with van der Waals surface area (Å²) in [6.07, 6.45) is 2.69. The van der Waals surface area contributed by atoms with Crippen LogP contribution in [0.5, 0.6) is 0 Å². The molecular weight excluding hydrogens is 381 g/mol. The van der Waals surface area contributed by atoms with Crippen LogP contribution in [-0.2, 0) is 11.2 Å². The number of nitrogens with zero attached hydrogens (tertiary/aromatic N) is 1. The van der Waals surface area contributed by atoms with Gasteiger partial charge in [-0.25, -0.2) is 13.2 Å². The fourth-order valence-electron chi connectivity index (χ4n) is 3.93. The number of likely N-dealkylation sites (tertiary alicyclic amines) is 1. The molecule has 150 valence electrons. The first-order valence-electron chi connectivity index (χ1n) is 9.45. The summed E-state index contributed by atoms with van der Waals surface area (Å²) in [5, 5.41) is 0.994. The Bertz CT molecular complexity index is 1060. The van der Waals surface area contributed by atoms with Crippen molar-refractivity contribution in [1.82, 2.24) is 9.88 Å². The third kappa shape index (κ3) is 3.77. The van der Waals surface area contributed by atoms with Crippen LogP contribution >= 0.6 is 0 Å². The van der Waals surface area contributed by atoms with Gasteiger partial charge < -0.3 is 9.88 Å². The van der Waals surface area contributed by atoms with Crippen LogP contribution in [-0.4, -0.2) is 34.7 Å². The Morgan fingerprint density at radius 2 is 1.69 bits per heavy atom. The van der Waals surface area contributed by atoms with E-state index < -0.39 is 34.7 Å². The lowest BCUT2D eigenvalue weighted by molar-refractivity contribution is -0.131. The number of piperidine rings is 1. The molecule has 4 nitrogen and oxygen atoms in total. The quantitative estimate of drug-likeness (QED) is 0.666. The second-order valence-electron chi connectivity index (χ2n) is 7.30. The molecule has 1 fully saturated rings. The topological polar surface area (TPSA) is 53.2 Å². The van der Waals surface area contributed by atoms with Gasteiger partial charge in [0.1, 0.15) is 17.5 Å². The van der Waals surface area contributed by atoms with Gasteiger partial charge in [0, 0.05) is 48.2 Å². The Morgan fingerprint density at radius 3 is 2.38 bits per heavy atom. The van der Waals surface area contributed by atoms with Gasteiger partial charge in [0.25, 0.3) is 0 Å². The number of aromatic nitrogens is 1. The Morgan fingerprint density at radius 1 is 1.03 bits per heavy atom. The van der Waals surface area contributed by atoms with E-state index in [1.807, 2.05) is 30.5 Å². The van der Waals surface area contributed by atoms with E-state index in [0.717, 1.165) is 16.5 Å². The SMILES string of the molecule is O=C(c1c(F)cc(F)cc1F)C1CCN(C(=O)Cc2c[nH]c3ccccc23)CC1. The molecule has 1 N–H and O–H groups in total. The van der Waals surface area contributed by atoms with Crippen LogP contribution in [0.2, 0.25) is 0 Å². The number of amides is 1. The third-order valence-corrected chi connectivity index (χ3v) is 5.49. The summed E-state index contributed by atoms with van der Waals surface area (Å²) in [5.74, 6) is -4.77. The van der Waals surface area contributed by atoms with Gasteiger partial charge in [0.15, 0.2) is 5.78 Å². The molecule has 1 amide bonds. The number of aromatic amines is 1. The number of ketones is 1. The Labute approximate surface area is 165 Å². The number of H-pyrrole nitrogens is 1. The molecule has 0 radical (unpaired) electrons. The fraction of sp³-hybridized carbons (Fsp3) is 0.273. The number of carbonyl (C=O) groups excluding carboxylic acids is 2. The molecule has 0 saturated carbocycles. The number of Topliss-reactive ketones (excluding diaryl/α,β-unsaturated/α-hetero) is 1. The molecule has 3 aromatic rings. The monoisotopic (exact) mass is 400 g/mol. The Hall–Kier alpha value is -3.09. The zero-order valence-corrected chi connectivity index (χ0v) is 15.6. The van der Waals surface area contributed by atoms with Gasteiger partial charge in [-0.15, -0.1) is 0 Å².